The molecular weight excluding hydrogens is 424 g/mol. The number of hydrogen-bond acceptors (Lipinski definition) is 5. The van der Waals surface area contributed by atoms with Crippen molar-refractivity contribution < 1.29 is 17.9 Å². The SMILES string of the molecule is Cc1cc(NC(=O)Cn2cnc(S(=O)(=O)N3CCOCC3)c2)ccc1Br. The quantitative estimate of drug-likeness (QED) is 0.758. The van der Waals surface area contributed by atoms with Gasteiger partial charge in [0.2, 0.25) is 5.91 Å². The molecule has 2 aromatic rings. The first-order chi connectivity index (χ1) is 12.4. The number of imidazole rings is 1. The summed E-state index contributed by atoms with van der Waals surface area (Å²) in [5.74, 6) is -0.264. The molecule has 0 radical (unpaired) electrons. The van der Waals surface area contributed by atoms with E-state index in [2.05, 4.69) is 26.2 Å². The van der Waals surface area contributed by atoms with Crippen LogP contribution in [-0.4, -0.2) is 54.5 Å². The van der Waals surface area contributed by atoms with Gasteiger partial charge < -0.3 is 14.6 Å². The first-order valence-corrected chi connectivity index (χ1v) is 10.3. The summed E-state index contributed by atoms with van der Waals surface area (Å²) in [6, 6.07) is 5.50. The molecule has 1 N–H and O–H groups in total. The monoisotopic (exact) mass is 442 g/mol. The first kappa shape index (κ1) is 19.0. The van der Waals surface area contributed by atoms with Gasteiger partial charge in [-0.2, -0.15) is 4.31 Å². The highest BCUT2D eigenvalue weighted by molar-refractivity contribution is 9.10. The van der Waals surface area contributed by atoms with Crippen molar-refractivity contribution in [2.24, 2.45) is 0 Å². The number of nitrogens with one attached hydrogen (secondary N) is 1. The van der Waals surface area contributed by atoms with Crippen LogP contribution in [0.4, 0.5) is 5.69 Å². The molecule has 3 rings (SSSR count). The molecule has 0 spiro atoms. The molecule has 140 valence electrons. The summed E-state index contributed by atoms with van der Waals surface area (Å²) >= 11 is 3.41. The van der Waals surface area contributed by atoms with Crippen molar-refractivity contribution in [3.63, 3.8) is 0 Å². The van der Waals surface area contributed by atoms with Crippen LogP contribution in [0.1, 0.15) is 5.56 Å². The van der Waals surface area contributed by atoms with Crippen LogP contribution >= 0.6 is 15.9 Å². The van der Waals surface area contributed by atoms with Gasteiger partial charge in [-0.1, -0.05) is 15.9 Å². The van der Waals surface area contributed by atoms with Gasteiger partial charge in [-0.25, -0.2) is 13.4 Å². The van der Waals surface area contributed by atoms with Crippen LogP contribution in [0.5, 0.6) is 0 Å². The fourth-order valence-corrected chi connectivity index (χ4v) is 4.16. The highest BCUT2D eigenvalue weighted by Gasteiger charge is 2.28. The summed E-state index contributed by atoms with van der Waals surface area (Å²) in [7, 11) is -3.66. The molecule has 1 amide bonds. The fourth-order valence-electron chi connectivity index (χ4n) is 2.57. The Bertz CT molecular complexity index is 907. The topological polar surface area (TPSA) is 93.5 Å². The Morgan fingerprint density at radius 1 is 1.35 bits per heavy atom. The van der Waals surface area contributed by atoms with Crippen LogP contribution < -0.4 is 5.32 Å². The lowest BCUT2D eigenvalue weighted by Crippen LogP contribution is -2.40. The van der Waals surface area contributed by atoms with E-state index in [1.54, 1.807) is 6.07 Å². The number of carbonyl (C=O) groups excluding carboxylic acids is 1. The normalized spacial score (nSPS) is 15.8. The maximum atomic E-state index is 12.5. The number of carbonyl (C=O) groups is 1. The van der Waals surface area contributed by atoms with E-state index in [1.807, 2.05) is 19.1 Å². The molecule has 0 atom stereocenters. The maximum Gasteiger partial charge on any atom is 0.262 e. The van der Waals surface area contributed by atoms with Gasteiger partial charge in [-0.3, -0.25) is 4.79 Å². The molecule has 2 heterocycles. The molecule has 1 aliphatic heterocycles. The number of hydrogen-bond donors (Lipinski definition) is 1. The molecule has 8 nitrogen and oxygen atoms in total. The number of amides is 1. The van der Waals surface area contributed by atoms with Crippen molar-refractivity contribution in [3.05, 3.63) is 40.8 Å². The van der Waals surface area contributed by atoms with Gasteiger partial charge in [0.25, 0.3) is 10.0 Å². The largest absolute Gasteiger partial charge is 0.379 e. The zero-order valence-corrected chi connectivity index (χ0v) is 16.6. The molecular formula is C16H19BrN4O4S. The molecule has 1 aliphatic rings. The summed E-state index contributed by atoms with van der Waals surface area (Å²) in [6.45, 7) is 3.25. The Morgan fingerprint density at radius 3 is 2.77 bits per heavy atom. The van der Waals surface area contributed by atoms with E-state index in [4.69, 9.17) is 4.74 Å². The molecule has 1 aromatic carbocycles. The van der Waals surface area contributed by atoms with Gasteiger partial charge in [0.15, 0.2) is 5.03 Å². The second-order valence-corrected chi connectivity index (χ2v) is 8.65. The molecule has 0 saturated carbocycles. The molecule has 0 unspecified atom stereocenters. The molecule has 1 fully saturated rings. The summed E-state index contributed by atoms with van der Waals surface area (Å²) in [5, 5.41) is 2.72. The average Bonchev–Trinajstić information content (AvgIpc) is 3.08. The van der Waals surface area contributed by atoms with Crippen LogP contribution in [0.15, 0.2) is 40.2 Å². The number of aromatic nitrogens is 2. The van der Waals surface area contributed by atoms with Crippen molar-refractivity contribution in [3.8, 4) is 0 Å². The molecule has 26 heavy (non-hydrogen) atoms. The Balaban J connectivity index is 1.65. The summed E-state index contributed by atoms with van der Waals surface area (Å²) in [6.07, 6.45) is 2.72. The zero-order valence-electron chi connectivity index (χ0n) is 14.2. The van der Waals surface area contributed by atoms with Crippen LogP contribution in [-0.2, 0) is 26.1 Å². The number of benzene rings is 1. The van der Waals surface area contributed by atoms with Crippen molar-refractivity contribution in [2.45, 2.75) is 18.5 Å². The molecule has 1 saturated heterocycles. The predicted octanol–water partition coefficient (Wildman–Crippen LogP) is 1.61. The highest BCUT2D eigenvalue weighted by Crippen LogP contribution is 2.20. The lowest BCUT2D eigenvalue weighted by Gasteiger charge is -2.24. The second kappa shape index (κ2) is 7.87. The van der Waals surface area contributed by atoms with E-state index in [0.29, 0.717) is 32.0 Å². The van der Waals surface area contributed by atoms with Gasteiger partial charge in [-0.15, -0.1) is 0 Å². The average molecular weight is 443 g/mol. The third-order valence-corrected chi connectivity index (χ3v) is 6.63. The summed E-state index contributed by atoms with van der Waals surface area (Å²) in [4.78, 5) is 16.1. The summed E-state index contributed by atoms with van der Waals surface area (Å²) in [5.41, 5.74) is 1.68. The van der Waals surface area contributed by atoms with E-state index >= 15 is 0 Å². The zero-order chi connectivity index (χ0) is 18.7. The molecule has 10 heteroatoms. The Hall–Kier alpha value is -1.75. The lowest BCUT2D eigenvalue weighted by molar-refractivity contribution is -0.116. The number of sulfonamides is 1. The number of anilines is 1. The smallest absolute Gasteiger partial charge is 0.262 e. The third kappa shape index (κ3) is 4.32. The van der Waals surface area contributed by atoms with Crippen LogP contribution in [0.2, 0.25) is 0 Å². The first-order valence-electron chi connectivity index (χ1n) is 8.02. The second-order valence-electron chi connectivity index (χ2n) is 5.91. The Morgan fingerprint density at radius 2 is 2.08 bits per heavy atom. The number of nitrogens with zero attached hydrogens (tertiary/aromatic N) is 3. The Labute approximate surface area is 160 Å². The number of rotatable bonds is 5. The highest BCUT2D eigenvalue weighted by atomic mass is 79.9. The van der Waals surface area contributed by atoms with Gasteiger partial charge in [0.1, 0.15) is 6.54 Å². The summed E-state index contributed by atoms with van der Waals surface area (Å²) < 4.78 is 34.0. The number of halogens is 1. The van der Waals surface area contributed by atoms with Crippen LogP contribution in [0.3, 0.4) is 0 Å². The molecule has 0 aliphatic carbocycles. The fraction of sp³-hybridized carbons (Fsp3) is 0.375. The number of aryl methyl sites for hydroxylation is 1. The van der Waals surface area contributed by atoms with E-state index < -0.39 is 10.0 Å². The Kier molecular flexibility index (Phi) is 5.76. The van der Waals surface area contributed by atoms with Crippen molar-refractivity contribution in [1.29, 1.82) is 0 Å². The standard InChI is InChI=1S/C16H19BrN4O4S/c1-12-8-13(2-3-14(12)17)19-15(22)9-20-10-16(18-11-20)26(23,24)21-4-6-25-7-5-21/h2-3,8,10-11H,4-7,9H2,1H3,(H,19,22). The van der Waals surface area contributed by atoms with E-state index in [1.165, 1.54) is 21.4 Å². The van der Waals surface area contributed by atoms with Crippen LogP contribution in [0.25, 0.3) is 0 Å². The van der Waals surface area contributed by atoms with E-state index in [0.717, 1.165) is 10.0 Å². The predicted molar refractivity (Wildman–Crippen MR) is 99.3 cm³/mol. The number of ether oxygens (including phenoxy) is 1. The molecule has 1 aromatic heterocycles. The molecule has 0 bridgehead atoms. The number of morpholine rings is 1. The maximum absolute atomic E-state index is 12.5. The van der Waals surface area contributed by atoms with Gasteiger partial charge in [0.05, 0.1) is 19.5 Å². The minimum atomic E-state index is -3.66. The minimum absolute atomic E-state index is 0.0270. The van der Waals surface area contributed by atoms with Gasteiger partial charge >= 0.3 is 0 Å². The van der Waals surface area contributed by atoms with E-state index in [-0.39, 0.29) is 17.5 Å². The van der Waals surface area contributed by atoms with E-state index in [9.17, 15) is 13.2 Å². The van der Waals surface area contributed by atoms with Gasteiger partial charge in [0, 0.05) is 29.4 Å². The third-order valence-electron chi connectivity index (χ3n) is 3.95. The van der Waals surface area contributed by atoms with Crippen LogP contribution in [0, 0.1) is 6.92 Å². The van der Waals surface area contributed by atoms with Crippen molar-refractivity contribution in [1.82, 2.24) is 13.9 Å². The van der Waals surface area contributed by atoms with Gasteiger partial charge in [-0.05, 0) is 30.7 Å². The van der Waals surface area contributed by atoms with Crippen molar-refractivity contribution in [2.75, 3.05) is 31.6 Å². The van der Waals surface area contributed by atoms with Crippen molar-refractivity contribution >= 4 is 37.5 Å². The minimum Gasteiger partial charge on any atom is -0.379 e. The lowest BCUT2D eigenvalue weighted by atomic mass is 10.2.